The van der Waals surface area contributed by atoms with Crippen molar-refractivity contribution in [3.63, 3.8) is 0 Å². The molecule has 0 aliphatic carbocycles. The van der Waals surface area contributed by atoms with Crippen molar-refractivity contribution in [3.05, 3.63) is 0 Å². The average Bonchev–Trinajstić information content (AvgIpc) is 1.96. The van der Waals surface area contributed by atoms with E-state index in [4.69, 9.17) is 0 Å². The van der Waals surface area contributed by atoms with Crippen molar-refractivity contribution < 1.29 is 4.48 Å². The lowest BCUT2D eigenvalue weighted by Crippen LogP contribution is -2.35. The zero-order chi connectivity index (χ0) is 9.61. The number of nitrogens with zero attached hydrogens (tertiary/aromatic N) is 1. The van der Waals surface area contributed by atoms with E-state index in [0.29, 0.717) is 10.9 Å². The highest BCUT2D eigenvalue weighted by atomic mass is 32.2. The molecule has 0 heterocycles. The van der Waals surface area contributed by atoms with Crippen molar-refractivity contribution in [2.75, 3.05) is 45.4 Å². The van der Waals surface area contributed by atoms with Gasteiger partial charge in [-0.1, -0.05) is 0 Å². The van der Waals surface area contributed by atoms with Gasteiger partial charge in [-0.25, -0.2) is 0 Å². The molecule has 0 aliphatic heterocycles. The fourth-order valence-electron chi connectivity index (χ4n) is 1.08. The van der Waals surface area contributed by atoms with E-state index in [0.717, 1.165) is 4.48 Å². The minimum atomic E-state index is 0.688. The summed E-state index contributed by atoms with van der Waals surface area (Å²) in [4.78, 5) is 0. The van der Waals surface area contributed by atoms with Gasteiger partial charge in [0.05, 0.1) is 33.9 Å². The second-order valence-electron chi connectivity index (χ2n) is 4.50. The summed E-state index contributed by atoms with van der Waals surface area (Å²) in [6, 6.07) is 0. The van der Waals surface area contributed by atoms with Crippen molar-refractivity contribution in [1.29, 1.82) is 0 Å². The van der Waals surface area contributed by atoms with Gasteiger partial charge >= 0.3 is 0 Å². The minimum absolute atomic E-state index is 0.688. The summed E-state index contributed by atoms with van der Waals surface area (Å²) in [6.07, 6.45) is 5.19. The molecule has 0 aromatic carbocycles. The first-order chi connectivity index (χ1) is 5.45. The standard InChI is InChI=1S/C10H25NS/c1-6-12(5)10-8-7-9-11(2,3)4/h6-10H2,1-5H3/q+2. The van der Waals surface area contributed by atoms with E-state index < -0.39 is 0 Å². The van der Waals surface area contributed by atoms with Gasteiger partial charge in [-0.3, -0.25) is 0 Å². The van der Waals surface area contributed by atoms with Crippen LogP contribution in [-0.4, -0.2) is 49.9 Å². The third-order valence-corrected chi connectivity index (χ3v) is 4.04. The summed E-state index contributed by atoms with van der Waals surface area (Å²) in [5.74, 6) is 2.81. The van der Waals surface area contributed by atoms with E-state index in [1.165, 1.54) is 30.9 Å². The average molecular weight is 191 g/mol. The Morgan fingerprint density at radius 2 is 1.67 bits per heavy atom. The van der Waals surface area contributed by atoms with Gasteiger partial charge in [0.1, 0.15) is 11.5 Å². The van der Waals surface area contributed by atoms with Gasteiger partial charge in [0, 0.05) is 6.42 Å². The molecular formula is C10H25NS+2. The van der Waals surface area contributed by atoms with Crippen molar-refractivity contribution in [2.45, 2.75) is 19.8 Å². The number of rotatable bonds is 6. The first-order valence-electron chi connectivity index (χ1n) is 4.85. The van der Waals surface area contributed by atoms with Crippen LogP contribution in [0.1, 0.15) is 19.8 Å². The highest BCUT2D eigenvalue weighted by Crippen LogP contribution is 2.01. The fraction of sp³-hybridized carbons (Fsp3) is 1.00. The van der Waals surface area contributed by atoms with E-state index >= 15 is 0 Å². The van der Waals surface area contributed by atoms with Gasteiger partial charge in [-0.15, -0.1) is 0 Å². The summed E-state index contributed by atoms with van der Waals surface area (Å²) < 4.78 is 1.11. The first-order valence-corrected chi connectivity index (χ1v) is 6.82. The van der Waals surface area contributed by atoms with Crippen LogP contribution >= 0.6 is 0 Å². The third-order valence-electron chi connectivity index (χ3n) is 2.06. The maximum atomic E-state index is 2.38. The Morgan fingerprint density at radius 3 is 2.08 bits per heavy atom. The molecule has 0 N–H and O–H groups in total. The lowest BCUT2D eigenvalue weighted by molar-refractivity contribution is -0.870. The molecule has 74 valence electrons. The molecule has 12 heavy (non-hydrogen) atoms. The van der Waals surface area contributed by atoms with Gasteiger partial charge in [-0.2, -0.15) is 0 Å². The molecule has 0 rings (SSSR count). The number of hydrogen-bond donors (Lipinski definition) is 0. The smallest absolute Gasteiger partial charge is 0.108 e. The van der Waals surface area contributed by atoms with E-state index in [1.807, 2.05) is 0 Å². The fourth-order valence-corrected chi connectivity index (χ4v) is 2.06. The predicted molar refractivity (Wildman–Crippen MR) is 60.8 cm³/mol. The highest BCUT2D eigenvalue weighted by molar-refractivity contribution is 7.96. The Morgan fingerprint density at radius 1 is 1.08 bits per heavy atom. The number of unbranched alkanes of at least 4 members (excludes halogenated alkanes) is 1. The SMILES string of the molecule is CC[S+](C)CCCC[N+](C)(C)C. The molecule has 0 aliphatic rings. The lowest BCUT2D eigenvalue weighted by atomic mass is 10.3. The van der Waals surface area contributed by atoms with Crippen molar-refractivity contribution in [1.82, 2.24) is 0 Å². The molecule has 0 aromatic heterocycles. The summed E-state index contributed by atoms with van der Waals surface area (Å²) in [5, 5.41) is 0. The molecule has 1 nitrogen and oxygen atoms in total. The molecule has 1 unspecified atom stereocenters. The van der Waals surface area contributed by atoms with E-state index in [1.54, 1.807) is 0 Å². The highest BCUT2D eigenvalue weighted by Gasteiger charge is 2.09. The van der Waals surface area contributed by atoms with Crippen molar-refractivity contribution >= 4 is 10.9 Å². The Kier molecular flexibility index (Phi) is 6.02. The Labute approximate surface area is 81.1 Å². The van der Waals surface area contributed by atoms with E-state index in [2.05, 4.69) is 34.3 Å². The number of hydrogen-bond acceptors (Lipinski definition) is 0. The normalized spacial score (nSPS) is 14.8. The zero-order valence-electron chi connectivity index (χ0n) is 9.39. The molecule has 0 amide bonds. The number of quaternary nitrogens is 1. The van der Waals surface area contributed by atoms with Crippen LogP contribution in [0.15, 0.2) is 0 Å². The second-order valence-corrected chi connectivity index (χ2v) is 7.04. The van der Waals surface area contributed by atoms with Crippen LogP contribution in [0.3, 0.4) is 0 Å². The van der Waals surface area contributed by atoms with Crippen molar-refractivity contribution in [3.8, 4) is 0 Å². The van der Waals surface area contributed by atoms with E-state index in [-0.39, 0.29) is 0 Å². The van der Waals surface area contributed by atoms with Gasteiger partial charge in [0.15, 0.2) is 0 Å². The summed E-state index contributed by atoms with van der Waals surface area (Å²) in [6.45, 7) is 3.61. The first kappa shape index (κ1) is 12.3. The molecule has 0 saturated heterocycles. The van der Waals surface area contributed by atoms with Gasteiger partial charge in [0.2, 0.25) is 0 Å². The second kappa shape index (κ2) is 5.87. The zero-order valence-corrected chi connectivity index (χ0v) is 10.2. The Balaban J connectivity index is 3.22. The van der Waals surface area contributed by atoms with Gasteiger partial charge < -0.3 is 4.48 Å². The maximum Gasteiger partial charge on any atom is 0.108 e. The van der Waals surface area contributed by atoms with E-state index in [9.17, 15) is 0 Å². The molecular weight excluding hydrogens is 166 g/mol. The Hall–Kier alpha value is 0.310. The van der Waals surface area contributed by atoms with Gasteiger partial charge in [0.25, 0.3) is 0 Å². The van der Waals surface area contributed by atoms with Crippen LogP contribution in [0, 0.1) is 0 Å². The summed E-state index contributed by atoms with van der Waals surface area (Å²) in [5.41, 5.74) is 0. The van der Waals surface area contributed by atoms with Crippen LogP contribution in [0.2, 0.25) is 0 Å². The maximum absolute atomic E-state index is 2.38. The quantitative estimate of drug-likeness (QED) is 0.341. The Bertz CT molecular complexity index is 107. The molecule has 0 aromatic rings. The molecule has 0 fully saturated rings. The molecule has 2 heteroatoms. The molecule has 0 saturated carbocycles. The van der Waals surface area contributed by atoms with Crippen LogP contribution in [0.4, 0.5) is 0 Å². The van der Waals surface area contributed by atoms with Gasteiger partial charge in [-0.05, 0) is 24.2 Å². The predicted octanol–water partition coefficient (Wildman–Crippen LogP) is 1.74. The molecule has 0 radical (unpaired) electrons. The minimum Gasteiger partial charge on any atom is -0.331 e. The monoisotopic (exact) mass is 191 g/mol. The summed E-state index contributed by atoms with van der Waals surface area (Å²) >= 11 is 0. The van der Waals surface area contributed by atoms with Crippen LogP contribution in [0.25, 0.3) is 0 Å². The van der Waals surface area contributed by atoms with Crippen LogP contribution in [-0.2, 0) is 10.9 Å². The molecule has 0 spiro atoms. The largest absolute Gasteiger partial charge is 0.331 e. The van der Waals surface area contributed by atoms with Crippen LogP contribution in [0.5, 0.6) is 0 Å². The topological polar surface area (TPSA) is 0 Å². The lowest BCUT2D eigenvalue weighted by Gasteiger charge is -2.23. The third kappa shape index (κ3) is 8.41. The molecule has 1 atom stereocenters. The summed E-state index contributed by atoms with van der Waals surface area (Å²) in [7, 11) is 7.50. The van der Waals surface area contributed by atoms with Crippen molar-refractivity contribution in [2.24, 2.45) is 0 Å². The molecule has 0 bridgehead atoms. The van der Waals surface area contributed by atoms with Crippen LogP contribution < -0.4 is 0 Å².